The summed E-state index contributed by atoms with van der Waals surface area (Å²) >= 11 is 11.1. The first-order chi connectivity index (χ1) is 7.54. The highest BCUT2D eigenvalue weighted by molar-refractivity contribution is 9.10. The lowest BCUT2D eigenvalue weighted by Gasteiger charge is -2.11. The molecule has 0 saturated carbocycles. The van der Waals surface area contributed by atoms with Crippen molar-refractivity contribution >= 4 is 44.9 Å². The molecule has 0 atom stereocenters. The predicted octanol–water partition coefficient (Wildman–Crippen LogP) is 4.81. The van der Waals surface area contributed by atoms with Gasteiger partial charge in [-0.25, -0.2) is 0 Å². The van der Waals surface area contributed by atoms with E-state index in [1.165, 1.54) is 10.5 Å². The van der Waals surface area contributed by atoms with Gasteiger partial charge in [0.15, 0.2) is 0 Å². The Morgan fingerprint density at radius 2 is 2.31 bits per heavy atom. The minimum absolute atomic E-state index is 0.554. The fourth-order valence-corrected chi connectivity index (χ4v) is 3.02. The average Bonchev–Trinajstić information content (AvgIpc) is 2.52. The maximum atomic E-state index is 6.02. The van der Waals surface area contributed by atoms with Crippen LogP contribution in [0.4, 0.5) is 0 Å². The first kappa shape index (κ1) is 14.2. The quantitative estimate of drug-likeness (QED) is 0.820. The number of nitrogens with one attached hydrogen (secondary N) is 1. The largest absolute Gasteiger partial charge is 0.313 e. The highest BCUT2D eigenvalue weighted by atomic mass is 79.9. The third-order valence-electron chi connectivity index (χ3n) is 2.31. The lowest BCUT2D eigenvalue weighted by Crippen LogP contribution is -2.18. The molecule has 1 rings (SSSR count). The van der Waals surface area contributed by atoms with Crippen molar-refractivity contribution in [3.05, 3.63) is 25.3 Å². The molecule has 1 nitrogen and oxygen atoms in total. The van der Waals surface area contributed by atoms with Crippen molar-refractivity contribution in [3.8, 4) is 0 Å². The van der Waals surface area contributed by atoms with E-state index >= 15 is 0 Å². The smallest absolute Gasteiger partial charge is 0.108 e. The summed E-state index contributed by atoms with van der Waals surface area (Å²) in [5.41, 5.74) is 1.41. The fraction of sp³-hybridized carbons (Fsp3) is 0.500. The van der Waals surface area contributed by atoms with Crippen molar-refractivity contribution < 1.29 is 0 Å². The van der Waals surface area contributed by atoms with Crippen molar-refractivity contribution in [3.63, 3.8) is 0 Å². The molecule has 4 heteroatoms. The number of halogens is 2. The van der Waals surface area contributed by atoms with Crippen LogP contribution in [-0.2, 0) is 0 Å². The Kier molecular flexibility index (Phi) is 6.05. The zero-order valence-corrected chi connectivity index (χ0v) is 13.0. The van der Waals surface area contributed by atoms with Crippen LogP contribution in [0.15, 0.2) is 16.1 Å². The molecule has 0 saturated heterocycles. The van der Waals surface area contributed by atoms with Gasteiger partial charge >= 0.3 is 0 Å². The van der Waals surface area contributed by atoms with Crippen molar-refractivity contribution in [2.45, 2.75) is 20.8 Å². The van der Waals surface area contributed by atoms with Crippen LogP contribution in [0.1, 0.15) is 25.6 Å². The molecule has 0 radical (unpaired) electrons. The molecule has 0 aliphatic carbocycles. The Bertz CT molecular complexity index is 352. The Morgan fingerprint density at radius 1 is 1.62 bits per heavy atom. The van der Waals surface area contributed by atoms with Crippen LogP contribution >= 0.6 is 38.9 Å². The highest BCUT2D eigenvalue weighted by Gasteiger charge is 2.06. The Labute approximate surface area is 115 Å². The number of hydrogen-bond acceptors (Lipinski definition) is 2. The van der Waals surface area contributed by atoms with Crippen LogP contribution in [0, 0.1) is 5.92 Å². The molecule has 0 unspecified atom stereocenters. The second-order valence-electron chi connectivity index (χ2n) is 3.92. The van der Waals surface area contributed by atoms with Crippen molar-refractivity contribution in [2.75, 3.05) is 13.1 Å². The molecular formula is C12H17BrClNS. The maximum Gasteiger partial charge on any atom is 0.108 e. The monoisotopic (exact) mass is 321 g/mol. The van der Waals surface area contributed by atoms with Crippen LogP contribution in [0.25, 0.3) is 6.08 Å². The van der Waals surface area contributed by atoms with E-state index in [1.807, 2.05) is 0 Å². The number of likely N-dealkylation sites (N-methyl/N-ethyl adjacent to an activating group) is 1. The van der Waals surface area contributed by atoms with Gasteiger partial charge in [0.05, 0.1) is 0 Å². The summed E-state index contributed by atoms with van der Waals surface area (Å²) < 4.78 is 1.80. The molecular weight excluding hydrogens is 306 g/mol. The highest BCUT2D eigenvalue weighted by Crippen LogP contribution is 2.33. The summed E-state index contributed by atoms with van der Waals surface area (Å²) in [6.07, 6.45) is 2.23. The van der Waals surface area contributed by atoms with Gasteiger partial charge in [-0.2, -0.15) is 0 Å². The molecule has 1 aromatic heterocycles. The summed E-state index contributed by atoms with van der Waals surface area (Å²) in [4.78, 5) is 1.21. The average molecular weight is 323 g/mol. The van der Waals surface area contributed by atoms with Gasteiger partial charge in [0.25, 0.3) is 0 Å². The normalized spacial score (nSPS) is 12.5. The van der Waals surface area contributed by atoms with Crippen LogP contribution < -0.4 is 5.32 Å². The van der Waals surface area contributed by atoms with E-state index in [4.69, 9.17) is 11.6 Å². The first-order valence-electron chi connectivity index (χ1n) is 5.40. The molecule has 1 heterocycles. The van der Waals surface area contributed by atoms with E-state index in [2.05, 4.69) is 54.2 Å². The molecule has 0 aromatic carbocycles. The second-order valence-corrected chi connectivity index (χ2v) is 6.46. The van der Waals surface area contributed by atoms with Gasteiger partial charge in [0, 0.05) is 15.9 Å². The van der Waals surface area contributed by atoms with Crippen molar-refractivity contribution in [1.29, 1.82) is 0 Å². The van der Waals surface area contributed by atoms with E-state index in [-0.39, 0.29) is 0 Å². The number of rotatable bonds is 5. The van der Waals surface area contributed by atoms with Gasteiger partial charge < -0.3 is 5.32 Å². The Morgan fingerprint density at radius 3 is 2.75 bits per heavy atom. The minimum atomic E-state index is 0.554. The molecule has 90 valence electrons. The molecule has 0 aliphatic heterocycles. The van der Waals surface area contributed by atoms with E-state index in [1.54, 1.807) is 11.3 Å². The van der Waals surface area contributed by atoms with E-state index in [0.29, 0.717) is 5.92 Å². The third-order valence-corrected chi connectivity index (χ3v) is 4.73. The molecule has 0 aliphatic rings. The first-order valence-corrected chi connectivity index (χ1v) is 7.39. The maximum absolute atomic E-state index is 6.02. The van der Waals surface area contributed by atoms with Gasteiger partial charge in [-0.3, -0.25) is 0 Å². The third kappa shape index (κ3) is 4.21. The summed E-state index contributed by atoms with van der Waals surface area (Å²) in [6.45, 7) is 8.50. The molecule has 16 heavy (non-hydrogen) atoms. The van der Waals surface area contributed by atoms with Crippen molar-refractivity contribution in [2.24, 2.45) is 5.92 Å². The Hall–Kier alpha value is 0.170. The molecule has 0 bridgehead atoms. The topological polar surface area (TPSA) is 12.0 Å². The summed E-state index contributed by atoms with van der Waals surface area (Å²) in [6, 6.07) is 2.07. The SMILES string of the molecule is CCNCC(=Cc1cc(Br)c(Cl)s1)C(C)C. The summed E-state index contributed by atoms with van der Waals surface area (Å²) in [7, 11) is 0. The van der Waals surface area contributed by atoms with Crippen LogP contribution in [-0.4, -0.2) is 13.1 Å². The minimum Gasteiger partial charge on any atom is -0.313 e. The standard InChI is InChI=1S/C12H17BrClNS/c1-4-15-7-9(8(2)3)5-10-6-11(13)12(14)16-10/h5-6,8,15H,4,7H2,1-3H3. The zero-order valence-electron chi connectivity index (χ0n) is 9.81. The van der Waals surface area contributed by atoms with Gasteiger partial charge in [-0.1, -0.05) is 37.9 Å². The predicted molar refractivity (Wildman–Crippen MR) is 78.4 cm³/mol. The lowest BCUT2D eigenvalue weighted by atomic mass is 10.0. The van der Waals surface area contributed by atoms with Gasteiger partial charge in [0.2, 0.25) is 0 Å². The van der Waals surface area contributed by atoms with Crippen molar-refractivity contribution in [1.82, 2.24) is 5.32 Å². The lowest BCUT2D eigenvalue weighted by molar-refractivity contribution is 0.683. The van der Waals surface area contributed by atoms with E-state index in [9.17, 15) is 0 Å². The summed E-state index contributed by atoms with van der Waals surface area (Å²) in [5, 5.41) is 3.36. The number of hydrogen-bond donors (Lipinski definition) is 1. The molecule has 0 amide bonds. The van der Waals surface area contributed by atoms with Crippen LogP contribution in [0.3, 0.4) is 0 Å². The van der Waals surface area contributed by atoms with Gasteiger partial charge in [-0.05, 0) is 40.5 Å². The fourth-order valence-electron chi connectivity index (χ4n) is 1.31. The van der Waals surface area contributed by atoms with E-state index in [0.717, 1.165) is 21.9 Å². The zero-order chi connectivity index (χ0) is 12.1. The molecule has 1 aromatic rings. The molecule has 0 spiro atoms. The van der Waals surface area contributed by atoms with Gasteiger partial charge in [0.1, 0.15) is 4.34 Å². The van der Waals surface area contributed by atoms with Gasteiger partial charge in [-0.15, -0.1) is 11.3 Å². The van der Waals surface area contributed by atoms with E-state index < -0.39 is 0 Å². The van der Waals surface area contributed by atoms with Crippen LogP contribution in [0.2, 0.25) is 4.34 Å². The second kappa shape index (κ2) is 6.80. The number of thiophene rings is 1. The molecule has 1 N–H and O–H groups in total. The molecule has 0 fully saturated rings. The Balaban J connectivity index is 2.84. The van der Waals surface area contributed by atoms with Crippen LogP contribution in [0.5, 0.6) is 0 Å². The summed E-state index contributed by atoms with van der Waals surface area (Å²) in [5.74, 6) is 0.554.